The molecule has 3 aromatic rings. The number of esters is 1. The van der Waals surface area contributed by atoms with E-state index in [1.807, 2.05) is 0 Å². The fourth-order valence-electron chi connectivity index (χ4n) is 6.27. The Balaban J connectivity index is 1.21. The fourth-order valence-corrected chi connectivity index (χ4v) is 7.16. The van der Waals surface area contributed by atoms with Gasteiger partial charge in [-0.3, -0.25) is 14.3 Å². The Kier molecular flexibility index (Phi) is 9.28. The minimum absolute atomic E-state index is 0.0963. The first kappa shape index (κ1) is 33.9. The van der Waals surface area contributed by atoms with Gasteiger partial charge in [-0.2, -0.15) is 0 Å². The number of pyridine rings is 1. The number of hydrogen-bond acceptors (Lipinski definition) is 10. The van der Waals surface area contributed by atoms with Crippen molar-refractivity contribution in [3.63, 3.8) is 0 Å². The molecule has 1 spiro atoms. The number of carbonyl (C=O) groups excluding carboxylic acids is 2. The molecular formula is C33H42F2N6O6S. The Hall–Kier alpha value is -3.98. The first-order valence-electron chi connectivity index (χ1n) is 16.4. The first-order chi connectivity index (χ1) is 22.7. The molecule has 1 aromatic carbocycles. The van der Waals surface area contributed by atoms with E-state index in [0.717, 1.165) is 12.8 Å². The summed E-state index contributed by atoms with van der Waals surface area (Å²) in [6.07, 6.45) is 5.23. The Morgan fingerprint density at radius 3 is 2.38 bits per heavy atom. The zero-order valence-corrected chi connectivity index (χ0v) is 28.0. The number of nitrogens with zero attached hydrogens (tertiary/aromatic N) is 3. The van der Waals surface area contributed by atoms with Gasteiger partial charge in [0, 0.05) is 44.4 Å². The summed E-state index contributed by atoms with van der Waals surface area (Å²) >= 11 is 0. The van der Waals surface area contributed by atoms with E-state index in [9.17, 15) is 26.8 Å². The summed E-state index contributed by atoms with van der Waals surface area (Å²) in [7, 11) is -3.91. The monoisotopic (exact) mass is 688 g/mol. The van der Waals surface area contributed by atoms with Crippen LogP contribution in [0.2, 0.25) is 0 Å². The minimum Gasteiger partial charge on any atom is -0.463 e. The zero-order chi connectivity index (χ0) is 34.3. The molecule has 3 fully saturated rings. The molecule has 4 heterocycles. The smallest absolute Gasteiger partial charge is 0.323 e. The van der Waals surface area contributed by atoms with Crippen molar-refractivity contribution in [2.45, 2.75) is 64.3 Å². The zero-order valence-electron chi connectivity index (χ0n) is 27.1. The Morgan fingerprint density at radius 2 is 1.71 bits per heavy atom. The second kappa shape index (κ2) is 13.1. The van der Waals surface area contributed by atoms with Crippen molar-refractivity contribution in [2.24, 2.45) is 17.1 Å². The van der Waals surface area contributed by atoms with Gasteiger partial charge >= 0.3 is 5.97 Å². The number of hydrogen-bond donors (Lipinski definition) is 3. The Labute approximate surface area is 278 Å². The van der Waals surface area contributed by atoms with E-state index < -0.39 is 39.6 Å². The van der Waals surface area contributed by atoms with Crippen LogP contribution in [-0.2, 0) is 19.6 Å². The number of ether oxygens (including phenoxy) is 1. The van der Waals surface area contributed by atoms with Crippen LogP contribution in [0.25, 0.3) is 11.0 Å². The predicted molar refractivity (Wildman–Crippen MR) is 179 cm³/mol. The largest absolute Gasteiger partial charge is 0.463 e. The van der Waals surface area contributed by atoms with Crippen molar-refractivity contribution in [3.05, 3.63) is 42.2 Å². The van der Waals surface area contributed by atoms with Gasteiger partial charge in [-0.05, 0) is 67.3 Å². The van der Waals surface area contributed by atoms with E-state index in [1.54, 1.807) is 43.0 Å². The highest BCUT2D eigenvalue weighted by Gasteiger charge is 2.44. The number of alkyl halides is 2. The molecule has 2 saturated heterocycles. The average Bonchev–Trinajstić information content (AvgIpc) is 3.61. The van der Waals surface area contributed by atoms with Crippen LogP contribution >= 0.6 is 0 Å². The molecule has 2 aromatic heterocycles. The van der Waals surface area contributed by atoms with Crippen LogP contribution in [0.4, 0.5) is 31.8 Å². The van der Waals surface area contributed by atoms with Gasteiger partial charge in [0.1, 0.15) is 24.2 Å². The number of aromatic nitrogens is 1. The maximum absolute atomic E-state index is 13.9. The average molecular weight is 689 g/mol. The lowest BCUT2D eigenvalue weighted by Gasteiger charge is -2.35. The number of piperidine rings is 2. The van der Waals surface area contributed by atoms with E-state index in [-0.39, 0.29) is 50.0 Å². The van der Waals surface area contributed by atoms with Gasteiger partial charge in [0.25, 0.3) is 11.8 Å². The maximum Gasteiger partial charge on any atom is 0.323 e. The van der Waals surface area contributed by atoms with E-state index >= 15 is 0 Å². The quantitative estimate of drug-likeness (QED) is 0.235. The molecule has 260 valence electrons. The van der Waals surface area contributed by atoms with Crippen molar-refractivity contribution in [2.75, 3.05) is 58.4 Å². The molecule has 0 bridgehead atoms. The van der Waals surface area contributed by atoms with E-state index in [2.05, 4.69) is 19.9 Å². The van der Waals surface area contributed by atoms with Gasteiger partial charge in [-0.15, -0.1) is 0 Å². The summed E-state index contributed by atoms with van der Waals surface area (Å²) in [5.74, 6) is -3.85. The molecule has 4 N–H and O–H groups in total. The van der Waals surface area contributed by atoms with Crippen LogP contribution in [0.15, 0.2) is 41.0 Å². The molecule has 0 radical (unpaired) electrons. The highest BCUT2D eigenvalue weighted by atomic mass is 32.2. The van der Waals surface area contributed by atoms with Gasteiger partial charge in [-0.25, -0.2) is 22.2 Å². The van der Waals surface area contributed by atoms with E-state index in [1.165, 1.54) is 25.2 Å². The first-order valence-corrected chi connectivity index (χ1v) is 18.0. The number of nitrogens with two attached hydrogens (primary N) is 1. The third-order valence-electron chi connectivity index (χ3n) is 9.68. The van der Waals surface area contributed by atoms with Crippen LogP contribution in [-0.4, -0.2) is 75.8 Å². The summed E-state index contributed by atoms with van der Waals surface area (Å²) < 4.78 is 66.9. The lowest BCUT2D eigenvalue weighted by atomic mass is 9.93. The number of amides is 1. The highest BCUT2D eigenvalue weighted by molar-refractivity contribution is 7.92. The molecule has 1 aliphatic carbocycles. The molecule has 6 rings (SSSR count). The van der Waals surface area contributed by atoms with Crippen molar-refractivity contribution in [1.29, 1.82) is 0 Å². The third kappa shape index (κ3) is 7.67. The molecule has 0 unspecified atom stereocenters. The molecule has 15 heteroatoms. The van der Waals surface area contributed by atoms with Gasteiger partial charge in [0.2, 0.25) is 10.0 Å². The third-order valence-corrected chi connectivity index (χ3v) is 10.9. The van der Waals surface area contributed by atoms with Gasteiger partial charge < -0.3 is 30.0 Å². The van der Waals surface area contributed by atoms with E-state index in [0.29, 0.717) is 46.5 Å². The summed E-state index contributed by atoms with van der Waals surface area (Å²) in [6.45, 7) is 4.80. The molecule has 1 amide bonds. The van der Waals surface area contributed by atoms with Crippen LogP contribution in [0.3, 0.4) is 0 Å². The SMILES string of the molecule is CC(C)[C@@H](N)C(=O)OCCS(=O)(=O)Nc1ccc(C(=O)Nc2cc3ccoc3c(N3CCC(F)(F)CC3)n2)c(N2CCC3(CC2)CC3)c1. The summed E-state index contributed by atoms with van der Waals surface area (Å²) in [5.41, 5.74) is 7.77. The molecule has 12 nitrogen and oxygen atoms in total. The number of fused-ring (bicyclic) bond motifs is 1. The lowest BCUT2D eigenvalue weighted by molar-refractivity contribution is -0.145. The van der Waals surface area contributed by atoms with Crippen LogP contribution in [0.1, 0.15) is 62.7 Å². The van der Waals surface area contributed by atoms with Crippen molar-refractivity contribution >= 4 is 55.9 Å². The van der Waals surface area contributed by atoms with Crippen molar-refractivity contribution in [3.8, 4) is 0 Å². The molecule has 48 heavy (non-hydrogen) atoms. The number of sulfonamides is 1. The number of benzene rings is 1. The van der Waals surface area contributed by atoms with Crippen LogP contribution in [0.5, 0.6) is 0 Å². The molecular weight excluding hydrogens is 646 g/mol. The van der Waals surface area contributed by atoms with Crippen molar-refractivity contribution < 1.29 is 35.9 Å². The standard InChI is InChI=1S/C33H42F2N6O6S/c1-21(2)27(36)31(43)47-17-18-48(44,45)39-23-3-4-24(25(20-23)40-12-8-32(6-7-32)9-13-40)30(42)38-26-19-22-5-16-46-28(22)29(37-26)41-14-10-33(34,35)11-15-41/h3-5,16,19-21,27,39H,6-15,17-18,36H2,1-2H3,(H,37,38,42)/t27-/m1/s1. The number of carbonyl (C=O) groups is 2. The van der Waals surface area contributed by atoms with Crippen molar-refractivity contribution in [1.82, 2.24) is 4.98 Å². The molecule has 3 aliphatic rings. The predicted octanol–water partition coefficient (Wildman–Crippen LogP) is 4.96. The fraction of sp³-hybridized carbons (Fsp3) is 0.545. The normalized spacial score (nSPS) is 19.4. The van der Waals surface area contributed by atoms with Gasteiger partial charge in [0.05, 0.1) is 23.2 Å². The maximum atomic E-state index is 13.9. The number of nitrogens with one attached hydrogen (secondary N) is 2. The minimum atomic E-state index is -3.91. The summed E-state index contributed by atoms with van der Waals surface area (Å²) in [6, 6.07) is 7.26. The number of anilines is 4. The van der Waals surface area contributed by atoms with Crippen LogP contribution in [0, 0.1) is 11.3 Å². The second-order valence-electron chi connectivity index (χ2n) is 13.5. The number of halogens is 2. The van der Waals surface area contributed by atoms with Gasteiger partial charge in [-0.1, -0.05) is 13.8 Å². The van der Waals surface area contributed by atoms with E-state index in [4.69, 9.17) is 14.9 Å². The van der Waals surface area contributed by atoms with Crippen LogP contribution < -0.4 is 25.6 Å². The topological polar surface area (TPSA) is 160 Å². The summed E-state index contributed by atoms with van der Waals surface area (Å²) in [4.78, 5) is 34.4. The van der Waals surface area contributed by atoms with Gasteiger partial charge in [0.15, 0.2) is 11.4 Å². The molecule has 2 aliphatic heterocycles. The number of furan rings is 1. The molecule has 1 atom stereocenters. The summed E-state index contributed by atoms with van der Waals surface area (Å²) in [5, 5.41) is 3.54. The number of rotatable bonds is 11. The Bertz CT molecular complexity index is 1770. The molecule has 1 saturated carbocycles. The Morgan fingerprint density at radius 1 is 1.02 bits per heavy atom. The lowest BCUT2D eigenvalue weighted by Crippen LogP contribution is -2.39. The second-order valence-corrected chi connectivity index (χ2v) is 15.4. The highest BCUT2D eigenvalue weighted by Crippen LogP contribution is 2.54.